The molecule has 0 aliphatic carbocycles. The van der Waals surface area contributed by atoms with Crippen LogP contribution in [0.5, 0.6) is 0 Å². The minimum absolute atomic E-state index is 0.105. The van der Waals surface area contributed by atoms with Gasteiger partial charge in [0, 0.05) is 37.3 Å². The molecule has 0 atom stereocenters. The molecule has 9 heteroatoms. The summed E-state index contributed by atoms with van der Waals surface area (Å²) in [6, 6.07) is 3.47. The van der Waals surface area contributed by atoms with E-state index in [9.17, 15) is 9.59 Å². The zero-order chi connectivity index (χ0) is 17.6. The van der Waals surface area contributed by atoms with Crippen molar-refractivity contribution in [2.24, 2.45) is 0 Å². The number of aromatic nitrogens is 2. The molecule has 0 fully saturated rings. The van der Waals surface area contributed by atoms with Gasteiger partial charge < -0.3 is 10.2 Å². The number of rotatable bonds is 6. The van der Waals surface area contributed by atoms with Crippen LogP contribution in [-0.2, 0) is 4.79 Å². The molecule has 3 heterocycles. The molecular weight excluding hydrogens is 342 g/mol. The van der Waals surface area contributed by atoms with Gasteiger partial charge in [0.25, 0.3) is 5.91 Å². The quantitative estimate of drug-likeness (QED) is 0.413. The molecule has 0 spiro atoms. The zero-order valence-electron chi connectivity index (χ0n) is 13.3. The lowest BCUT2D eigenvalue weighted by atomic mass is 10.1. The number of hydroxylamine groups is 1. The third-order valence-electron chi connectivity index (χ3n) is 3.76. The van der Waals surface area contributed by atoms with E-state index < -0.39 is 5.91 Å². The van der Waals surface area contributed by atoms with Crippen molar-refractivity contribution >= 4 is 34.1 Å². The largest absolute Gasteiger partial charge is 0.331 e. The van der Waals surface area contributed by atoms with E-state index in [-0.39, 0.29) is 12.3 Å². The molecule has 3 N–H and O–H groups in total. The third kappa shape index (κ3) is 4.40. The predicted octanol–water partition coefficient (Wildman–Crippen LogP) is 1.95. The molecule has 1 aliphatic rings. The maximum Gasteiger partial charge on any atom is 0.255 e. The second-order valence-electron chi connectivity index (χ2n) is 5.48. The summed E-state index contributed by atoms with van der Waals surface area (Å²) in [5.74, 6) is 0.0890. The van der Waals surface area contributed by atoms with Gasteiger partial charge in [0.2, 0.25) is 5.91 Å². The van der Waals surface area contributed by atoms with Gasteiger partial charge in [0.05, 0.1) is 5.56 Å². The van der Waals surface area contributed by atoms with Crippen molar-refractivity contribution in [3.8, 4) is 0 Å². The van der Waals surface area contributed by atoms with E-state index in [1.54, 1.807) is 28.7 Å². The average Bonchev–Trinajstić information content (AvgIpc) is 3.31. The van der Waals surface area contributed by atoms with Crippen LogP contribution in [0.2, 0.25) is 0 Å². The maximum atomic E-state index is 12.5. The molecule has 0 aromatic carbocycles. The number of hydrogen-bond donors (Lipinski definition) is 3. The van der Waals surface area contributed by atoms with Crippen molar-refractivity contribution in [2.75, 3.05) is 18.4 Å². The van der Waals surface area contributed by atoms with Crippen LogP contribution >= 0.6 is 11.3 Å². The fourth-order valence-corrected chi connectivity index (χ4v) is 2.99. The number of pyridine rings is 1. The van der Waals surface area contributed by atoms with E-state index in [0.29, 0.717) is 30.9 Å². The molecule has 25 heavy (non-hydrogen) atoms. The Bertz CT molecular complexity index is 774. The highest BCUT2D eigenvalue weighted by Crippen LogP contribution is 2.19. The first-order chi connectivity index (χ1) is 12.2. The molecule has 2 aromatic heterocycles. The molecule has 0 bridgehead atoms. The van der Waals surface area contributed by atoms with Gasteiger partial charge in [-0.2, -0.15) is 0 Å². The molecule has 3 rings (SSSR count). The lowest BCUT2D eigenvalue weighted by Crippen LogP contribution is -2.29. The van der Waals surface area contributed by atoms with Crippen molar-refractivity contribution in [1.82, 2.24) is 20.3 Å². The average molecular weight is 359 g/mol. The molecule has 0 saturated carbocycles. The SMILES string of the molecule is O=C(CCC1=CCN(C(=O)c2ccc(Nc3nccs3)nc2)C1)NO. The van der Waals surface area contributed by atoms with Crippen molar-refractivity contribution in [3.05, 3.63) is 47.1 Å². The monoisotopic (exact) mass is 359 g/mol. The summed E-state index contributed by atoms with van der Waals surface area (Å²) in [4.78, 5) is 33.6. The van der Waals surface area contributed by atoms with E-state index in [4.69, 9.17) is 5.21 Å². The van der Waals surface area contributed by atoms with Gasteiger partial charge in [-0.05, 0) is 18.6 Å². The van der Waals surface area contributed by atoms with Gasteiger partial charge in [-0.15, -0.1) is 11.3 Å². The fourth-order valence-electron chi connectivity index (χ4n) is 2.45. The Balaban J connectivity index is 1.54. The topological polar surface area (TPSA) is 107 Å². The molecule has 0 radical (unpaired) electrons. The molecule has 2 amide bonds. The van der Waals surface area contributed by atoms with Crippen molar-refractivity contribution < 1.29 is 14.8 Å². The van der Waals surface area contributed by atoms with E-state index in [0.717, 1.165) is 10.7 Å². The summed E-state index contributed by atoms with van der Waals surface area (Å²) in [6.07, 6.45) is 5.89. The van der Waals surface area contributed by atoms with E-state index in [1.165, 1.54) is 17.5 Å². The van der Waals surface area contributed by atoms with Gasteiger partial charge in [0.1, 0.15) is 5.82 Å². The van der Waals surface area contributed by atoms with Crippen molar-refractivity contribution in [3.63, 3.8) is 0 Å². The van der Waals surface area contributed by atoms with Crippen LogP contribution in [-0.4, -0.2) is 45.0 Å². The Hall–Kier alpha value is -2.78. The van der Waals surface area contributed by atoms with Gasteiger partial charge in [-0.3, -0.25) is 14.8 Å². The minimum Gasteiger partial charge on any atom is -0.331 e. The Morgan fingerprint density at radius 1 is 1.32 bits per heavy atom. The molecule has 0 unspecified atom stereocenters. The first-order valence-corrected chi connectivity index (χ1v) is 8.56. The number of hydrogen-bond acceptors (Lipinski definition) is 7. The lowest BCUT2D eigenvalue weighted by Gasteiger charge is -2.16. The van der Waals surface area contributed by atoms with E-state index in [2.05, 4.69) is 15.3 Å². The highest BCUT2D eigenvalue weighted by atomic mass is 32.1. The Morgan fingerprint density at radius 3 is 2.88 bits per heavy atom. The summed E-state index contributed by atoms with van der Waals surface area (Å²) in [5, 5.41) is 14.2. The van der Waals surface area contributed by atoms with Crippen molar-refractivity contribution in [2.45, 2.75) is 12.8 Å². The normalized spacial score (nSPS) is 13.5. The van der Waals surface area contributed by atoms with Crippen LogP contribution in [0.25, 0.3) is 0 Å². The van der Waals surface area contributed by atoms with Gasteiger partial charge in [-0.1, -0.05) is 11.6 Å². The Morgan fingerprint density at radius 2 is 2.20 bits per heavy atom. The Labute approximate surface area is 148 Å². The number of carbonyl (C=O) groups is 2. The zero-order valence-corrected chi connectivity index (χ0v) is 14.1. The molecule has 1 aliphatic heterocycles. The van der Waals surface area contributed by atoms with Crippen LogP contribution in [0.15, 0.2) is 41.6 Å². The molecule has 0 saturated heterocycles. The minimum atomic E-state index is -0.432. The summed E-state index contributed by atoms with van der Waals surface area (Å²) < 4.78 is 0. The first-order valence-electron chi connectivity index (χ1n) is 7.68. The van der Waals surface area contributed by atoms with Crippen LogP contribution in [0.4, 0.5) is 10.9 Å². The highest BCUT2D eigenvalue weighted by Gasteiger charge is 2.21. The summed E-state index contributed by atoms with van der Waals surface area (Å²) in [7, 11) is 0. The second-order valence-corrected chi connectivity index (χ2v) is 6.37. The highest BCUT2D eigenvalue weighted by molar-refractivity contribution is 7.13. The third-order valence-corrected chi connectivity index (χ3v) is 4.45. The van der Waals surface area contributed by atoms with Gasteiger partial charge in [0.15, 0.2) is 5.13 Å². The van der Waals surface area contributed by atoms with Crippen LogP contribution < -0.4 is 10.8 Å². The number of nitrogens with one attached hydrogen (secondary N) is 2. The van der Waals surface area contributed by atoms with E-state index >= 15 is 0 Å². The second kappa shape index (κ2) is 7.86. The van der Waals surface area contributed by atoms with E-state index in [1.807, 2.05) is 11.5 Å². The fraction of sp³-hybridized carbons (Fsp3) is 0.250. The molecular formula is C16H17N5O3S. The number of anilines is 2. The van der Waals surface area contributed by atoms with Gasteiger partial charge in [-0.25, -0.2) is 15.4 Å². The summed E-state index contributed by atoms with van der Waals surface area (Å²) in [5.41, 5.74) is 3.12. The molecule has 130 valence electrons. The Kier molecular flexibility index (Phi) is 5.36. The number of amides is 2. The first kappa shape index (κ1) is 17.1. The number of carbonyl (C=O) groups excluding carboxylic acids is 2. The number of nitrogens with zero attached hydrogens (tertiary/aromatic N) is 3. The van der Waals surface area contributed by atoms with Crippen LogP contribution in [0, 0.1) is 0 Å². The standard InChI is InChI=1S/C16H17N5O3S/c22-14(20-24)4-1-11-5-7-21(10-11)15(23)12-2-3-13(18-9-12)19-16-17-6-8-25-16/h2-3,5-6,8-9,24H,1,4,7,10H2,(H,20,22)(H,17,18,19). The molecule has 2 aromatic rings. The maximum absolute atomic E-state index is 12.5. The van der Waals surface area contributed by atoms with Crippen LogP contribution in [0.1, 0.15) is 23.2 Å². The van der Waals surface area contributed by atoms with Crippen LogP contribution in [0.3, 0.4) is 0 Å². The number of thiazole rings is 1. The molecule has 8 nitrogen and oxygen atoms in total. The lowest BCUT2D eigenvalue weighted by molar-refractivity contribution is -0.129. The van der Waals surface area contributed by atoms with Gasteiger partial charge >= 0.3 is 0 Å². The summed E-state index contributed by atoms with van der Waals surface area (Å²) >= 11 is 1.47. The summed E-state index contributed by atoms with van der Waals surface area (Å²) in [6.45, 7) is 0.991. The smallest absolute Gasteiger partial charge is 0.255 e. The predicted molar refractivity (Wildman–Crippen MR) is 92.8 cm³/mol. The van der Waals surface area contributed by atoms with Crippen molar-refractivity contribution in [1.29, 1.82) is 0 Å².